The van der Waals surface area contributed by atoms with Crippen molar-refractivity contribution in [3.05, 3.63) is 98.7 Å². The van der Waals surface area contributed by atoms with Crippen molar-refractivity contribution >= 4 is 36.1 Å². The van der Waals surface area contributed by atoms with Crippen molar-refractivity contribution in [3.8, 4) is 0 Å². The monoisotopic (exact) mass is 494 g/mol. The molecule has 0 heterocycles. The maximum absolute atomic E-state index is 4.03. The van der Waals surface area contributed by atoms with E-state index >= 15 is 0 Å². The Balaban J connectivity index is 0.00000182. The Labute approximate surface area is 185 Å². The van der Waals surface area contributed by atoms with E-state index < -0.39 is 27.0 Å². The number of nitrogens with zero attached hydrogens (tertiary/aromatic N) is 1. The minimum absolute atomic E-state index is 0. The van der Waals surface area contributed by atoms with Crippen LogP contribution in [0.25, 0.3) is 0 Å². The van der Waals surface area contributed by atoms with Gasteiger partial charge in [0.1, 0.15) is 0 Å². The predicted molar refractivity (Wildman–Crippen MR) is 123 cm³/mol. The molecule has 143 valence electrons. The van der Waals surface area contributed by atoms with Gasteiger partial charge in [-0.15, -0.1) is 24.8 Å². The normalized spacial score (nSPS) is 15.4. The summed E-state index contributed by atoms with van der Waals surface area (Å²) in [6.45, 7) is 9.98. The van der Waals surface area contributed by atoms with Crippen LogP contribution in [0.5, 0.6) is 0 Å². The summed E-state index contributed by atoms with van der Waals surface area (Å²) in [5, 5.41) is 1.58. The van der Waals surface area contributed by atoms with Gasteiger partial charge in [-0.25, -0.2) is 0 Å². The second-order valence-electron chi connectivity index (χ2n) is 6.41. The average molecular weight is 497 g/mol. The summed E-state index contributed by atoms with van der Waals surface area (Å²) in [5.74, 6) is 0. The zero-order valence-corrected chi connectivity index (χ0v) is 20.8. The van der Waals surface area contributed by atoms with Gasteiger partial charge in [-0.3, -0.25) is 0 Å². The molecule has 0 aromatic heterocycles. The topological polar surface area (TPSA) is 3.24 Å². The number of halogens is 2. The van der Waals surface area contributed by atoms with Gasteiger partial charge >= 0.3 is 161 Å². The largest absolute Gasteiger partial charge is 0.147 e. The standard InChI is InChI=1S/C12H16NSi.2C5H5.2ClH.Zr/c1-3-10-13(11-4-2)14-12-8-6-5-7-9-12;2*1-2-4-5-3-1;;;/h3-9,14H,1-2,10-11H2;2*1-3H,4H2;2*1H;. The van der Waals surface area contributed by atoms with Crippen molar-refractivity contribution in [2.45, 2.75) is 12.8 Å². The van der Waals surface area contributed by atoms with Crippen molar-refractivity contribution in [3.63, 3.8) is 0 Å². The Morgan fingerprint density at radius 3 is 1.81 bits per heavy atom. The van der Waals surface area contributed by atoms with Gasteiger partial charge in [-0.1, -0.05) is 0 Å². The van der Waals surface area contributed by atoms with Crippen molar-refractivity contribution in [1.29, 1.82) is 0 Å². The Morgan fingerprint density at radius 2 is 1.41 bits per heavy atom. The molecule has 0 bridgehead atoms. The van der Waals surface area contributed by atoms with Crippen molar-refractivity contribution < 1.29 is 20.9 Å². The second kappa shape index (κ2) is 12.7. The first-order valence-electron chi connectivity index (χ1n) is 8.95. The first kappa shape index (κ1) is 24.3. The molecule has 0 spiro atoms. The molecule has 1 atom stereocenters. The van der Waals surface area contributed by atoms with Gasteiger partial charge in [-0.2, -0.15) is 0 Å². The van der Waals surface area contributed by atoms with E-state index in [1.54, 1.807) is 11.7 Å². The van der Waals surface area contributed by atoms with E-state index in [0.29, 0.717) is 0 Å². The van der Waals surface area contributed by atoms with Crippen molar-refractivity contribution in [1.82, 2.24) is 4.57 Å². The third kappa shape index (κ3) is 6.14. The number of hydrogen-bond donors (Lipinski definition) is 0. The van der Waals surface area contributed by atoms with Gasteiger partial charge in [0.05, 0.1) is 0 Å². The molecule has 0 N–H and O–H groups in total. The van der Waals surface area contributed by atoms with Crippen LogP contribution >= 0.6 is 24.8 Å². The van der Waals surface area contributed by atoms with Gasteiger partial charge in [0, 0.05) is 0 Å². The molecule has 1 nitrogen and oxygen atoms in total. The number of rotatable bonds is 9. The SMILES string of the molecule is C=CCN(CC=C)[SiH](c1ccccc1)[Zr]([C]1=CC=CC1)[C]1=CC=CC1.Cl.Cl. The molecular formula is C22H28Cl2NSiZr. The molecule has 0 aliphatic heterocycles. The number of hydrogen-bond acceptors (Lipinski definition) is 1. The minimum atomic E-state index is -1.97. The zero-order chi connectivity index (χ0) is 17.5. The summed E-state index contributed by atoms with van der Waals surface area (Å²) in [5.41, 5.74) is 0. The van der Waals surface area contributed by atoms with Crippen molar-refractivity contribution in [2.24, 2.45) is 0 Å². The summed E-state index contributed by atoms with van der Waals surface area (Å²) in [7, 11) is 0. The molecule has 0 amide bonds. The predicted octanol–water partition coefficient (Wildman–Crippen LogP) is 4.94. The maximum atomic E-state index is 4.03. The Kier molecular flexibility index (Phi) is 11.4. The summed E-state index contributed by atoms with van der Waals surface area (Å²) < 4.78 is 6.23. The Morgan fingerprint density at radius 1 is 0.889 bits per heavy atom. The maximum Gasteiger partial charge on any atom is -0.147 e. The molecular weight excluding hydrogens is 468 g/mol. The van der Waals surface area contributed by atoms with Gasteiger partial charge in [0.25, 0.3) is 0 Å². The van der Waals surface area contributed by atoms with Crippen LogP contribution in [0, 0.1) is 0 Å². The second-order valence-corrected chi connectivity index (χ2v) is 21.2. The molecule has 5 heteroatoms. The van der Waals surface area contributed by atoms with Gasteiger partial charge < -0.3 is 0 Å². The molecule has 1 aromatic rings. The molecule has 3 rings (SSSR count). The van der Waals surface area contributed by atoms with E-state index in [9.17, 15) is 0 Å². The van der Waals surface area contributed by atoms with Crippen LogP contribution in [0.3, 0.4) is 0 Å². The van der Waals surface area contributed by atoms with E-state index in [0.717, 1.165) is 13.1 Å². The molecule has 0 saturated carbocycles. The summed E-state index contributed by atoms with van der Waals surface area (Å²) in [6, 6.07) is 11.3. The van der Waals surface area contributed by atoms with E-state index in [1.165, 1.54) is 12.8 Å². The van der Waals surface area contributed by atoms with Crippen molar-refractivity contribution in [2.75, 3.05) is 13.1 Å². The number of allylic oxidation sites excluding steroid dienone is 8. The van der Waals surface area contributed by atoms with Crippen LogP contribution < -0.4 is 5.19 Å². The van der Waals surface area contributed by atoms with Crippen LogP contribution in [0.4, 0.5) is 0 Å². The molecule has 2 aliphatic carbocycles. The van der Waals surface area contributed by atoms with E-state index in [-0.39, 0.29) is 24.8 Å². The van der Waals surface area contributed by atoms with Crippen LogP contribution in [0.15, 0.2) is 98.7 Å². The average Bonchev–Trinajstić information content (AvgIpc) is 3.34. The van der Waals surface area contributed by atoms with E-state index in [4.69, 9.17) is 0 Å². The van der Waals surface area contributed by atoms with Gasteiger partial charge in [-0.05, 0) is 0 Å². The first-order valence-corrected chi connectivity index (χ1v) is 17.3. The van der Waals surface area contributed by atoms with Gasteiger partial charge in [0.2, 0.25) is 0 Å². The molecule has 0 fully saturated rings. The smallest absolute Gasteiger partial charge is 0.147 e. The van der Waals surface area contributed by atoms with Crippen LogP contribution in [0.2, 0.25) is 0 Å². The van der Waals surface area contributed by atoms with Crippen LogP contribution in [0.1, 0.15) is 12.8 Å². The molecule has 1 unspecified atom stereocenters. The summed E-state index contributed by atoms with van der Waals surface area (Å²) in [4.78, 5) is 0. The van der Waals surface area contributed by atoms with E-state index in [1.807, 2.05) is 0 Å². The first-order chi connectivity index (χ1) is 12.3. The van der Waals surface area contributed by atoms with Gasteiger partial charge in [0.15, 0.2) is 0 Å². The minimum Gasteiger partial charge on any atom is -0.147 e. The van der Waals surface area contributed by atoms with Crippen LogP contribution in [-0.4, -0.2) is 23.7 Å². The number of benzene rings is 1. The molecule has 0 radical (unpaired) electrons. The van der Waals surface area contributed by atoms with Crippen LogP contribution in [-0.2, 0) is 20.9 Å². The quantitative estimate of drug-likeness (QED) is 0.346. The molecule has 2 aliphatic rings. The third-order valence-corrected chi connectivity index (χ3v) is 26.2. The summed E-state index contributed by atoms with van der Waals surface area (Å²) in [6.07, 6.45) is 19.2. The fourth-order valence-electron chi connectivity index (χ4n) is 3.66. The molecule has 27 heavy (non-hydrogen) atoms. The fraction of sp³-hybridized carbons (Fsp3) is 0.182. The Hall–Kier alpha value is -0.700. The summed E-state index contributed by atoms with van der Waals surface area (Å²) >= 11 is -1.97. The molecule has 0 saturated heterocycles. The Bertz CT molecular complexity index is 700. The molecule has 1 aromatic carbocycles. The third-order valence-electron chi connectivity index (χ3n) is 4.72. The zero-order valence-electron chi connectivity index (χ0n) is 15.6. The van der Waals surface area contributed by atoms with E-state index in [2.05, 4.69) is 96.7 Å². The fourth-order valence-corrected chi connectivity index (χ4v) is 26.7.